The third-order valence-electron chi connectivity index (χ3n) is 0. The van der Waals surface area contributed by atoms with Gasteiger partial charge in [0.15, 0.2) is 0 Å². The minimum Gasteiger partial charge on any atom is -0.894 e. The van der Waals surface area contributed by atoms with Gasteiger partial charge in [-0.15, -0.1) is 0 Å². The Morgan fingerprint density at radius 2 is 0.706 bits per heavy atom. The number of carbonyl (C=O) groups excluding carboxylic acids is 2. The van der Waals surface area contributed by atoms with Crippen LogP contribution in [0.2, 0.25) is 0 Å². The van der Waals surface area contributed by atoms with Crippen LogP contribution in [0.15, 0.2) is 0 Å². The van der Waals surface area contributed by atoms with Crippen LogP contribution in [0.5, 0.6) is 0 Å². The Kier molecular flexibility index (Phi) is 68.7. The Labute approximate surface area is 199 Å². The van der Waals surface area contributed by atoms with Gasteiger partial charge < -0.3 is 58.2 Å². The van der Waals surface area contributed by atoms with E-state index in [9.17, 15) is 0 Å². The average molecular weight is 438 g/mol. The van der Waals surface area contributed by atoms with Gasteiger partial charge >= 0.3 is 133 Å². The van der Waals surface area contributed by atoms with E-state index in [0.717, 1.165) is 0 Å². The zero-order chi connectivity index (χ0) is 11.7. The maximum absolute atomic E-state index is 8.58. The largest absolute Gasteiger partial charge is 2.00 e. The monoisotopic (exact) mass is 438 g/mol. The second kappa shape index (κ2) is 27.3. The molecule has 0 aromatic rings. The molecule has 0 aliphatic rings. The van der Waals surface area contributed by atoms with Crippen molar-refractivity contribution in [3.8, 4) is 0 Å². The van der Waals surface area contributed by atoms with Crippen LogP contribution in [0.25, 0.3) is 0 Å². The fourth-order valence-corrected chi connectivity index (χ4v) is 0. The first-order valence-electron chi connectivity index (χ1n) is 2.04. The van der Waals surface area contributed by atoms with Gasteiger partial charge in [0, 0.05) is 0 Å². The maximum atomic E-state index is 8.58. The molecule has 0 saturated heterocycles. The van der Waals surface area contributed by atoms with E-state index in [1.165, 1.54) is 0 Å². The Balaban J connectivity index is -0.0000000159. The van der Waals surface area contributed by atoms with Crippen molar-refractivity contribution in [3.63, 3.8) is 0 Å². The van der Waals surface area contributed by atoms with E-state index < -0.39 is 21.4 Å². The molecule has 0 saturated carbocycles. The van der Waals surface area contributed by atoms with Gasteiger partial charge in [-0.1, -0.05) is 0 Å². The molecule has 0 fully saturated rings. The molecule has 0 amide bonds. The normalized spacial score (nSPS) is 6.35. The standard InChI is InChI=1S/2CH2O3.Ba.Ca.2Mg.O4Si/c2*2-1(3)4;;;;;1-5(2,3)4/h2*(H2,2,3,4);;;;;/q;;4*+2;-4/p-4. The third-order valence-corrected chi connectivity index (χ3v) is 0. The summed E-state index contributed by atoms with van der Waals surface area (Å²) >= 11 is 0. The maximum Gasteiger partial charge on any atom is 2.00 e. The van der Waals surface area contributed by atoms with E-state index in [0.29, 0.717) is 0 Å². The van der Waals surface area contributed by atoms with Crippen LogP contribution in [-0.2, 0) is 0 Å². The predicted molar refractivity (Wildman–Crippen MR) is 39.6 cm³/mol. The quantitative estimate of drug-likeness (QED) is 0.325. The summed E-state index contributed by atoms with van der Waals surface area (Å²) in [5.41, 5.74) is 0. The Hall–Kier alpha value is 2.96. The van der Waals surface area contributed by atoms with E-state index in [4.69, 9.17) is 49.2 Å². The third kappa shape index (κ3) is 622. The molecule has 0 spiro atoms. The van der Waals surface area contributed by atoms with Crippen LogP contribution in [0, 0.1) is 0 Å². The summed E-state index contributed by atoms with van der Waals surface area (Å²) in [5.74, 6) is 0. The summed E-state index contributed by atoms with van der Waals surface area (Å²) in [4.78, 5) is 51.0. The van der Waals surface area contributed by atoms with Gasteiger partial charge in [0.25, 0.3) is 0 Å². The number of carboxylic acid groups (broad SMARTS) is 4. The van der Waals surface area contributed by atoms with Gasteiger partial charge in [-0.3, -0.25) is 0 Å². The molecule has 17 heavy (non-hydrogen) atoms. The number of carbonyl (C=O) groups is 2. The van der Waals surface area contributed by atoms with Gasteiger partial charge in [-0.25, -0.2) is 0 Å². The summed E-state index contributed by atoms with van der Waals surface area (Å²) < 4.78 is 0. The predicted octanol–water partition coefficient (Wildman–Crippen LogP) is -11.6. The minimum absolute atomic E-state index is 0. The molecular formula is C2BaCaMg2O10Si. The molecule has 0 aromatic carbocycles. The number of rotatable bonds is 0. The molecule has 15 heteroatoms. The van der Waals surface area contributed by atoms with Crippen LogP contribution in [0.4, 0.5) is 9.59 Å². The summed E-state index contributed by atoms with van der Waals surface area (Å²) in [7, 11) is -5.61. The fourth-order valence-electron chi connectivity index (χ4n) is 0. The van der Waals surface area contributed by atoms with Crippen molar-refractivity contribution < 1.29 is 49.2 Å². The van der Waals surface area contributed by atoms with E-state index in [-0.39, 0.29) is 133 Å². The molecule has 0 unspecified atom stereocenters. The molecule has 0 aliphatic carbocycles. The average Bonchev–Trinajstić information content (AvgIpc) is 1.50. The van der Waals surface area contributed by atoms with Crippen molar-refractivity contribution in [1.29, 1.82) is 0 Å². The molecular weight excluding hydrogens is 438 g/mol. The first-order chi connectivity index (χ1) is 5.46. The van der Waals surface area contributed by atoms with Gasteiger partial charge in [0.05, 0.1) is 0 Å². The first kappa shape index (κ1) is 42.7. The number of hydrogen-bond donors (Lipinski definition) is 0. The zero-order valence-electron chi connectivity index (χ0n) is 8.41. The van der Waals surface area contributed by atoms with E-state index in [1.807, 2.05) is 0 Å². The van der Waals surface area contributed by atoms with E-state index in [1.54, 1.807) is 0 Å². The smallest absolute Gasteiger partial charge is 0.894 e. The molecule has 10 nitrogen and oxygen atoms in total. The summed E-state index contributed by atoms with van der Waals surface area (Å²) in [6, 6.07) is 0. The molecule has 0 aromatic heterocycles. The zero-order valence-corrected chi connectivity index (χ0v) is 18.9. The van der Waals surface area contributed by atoms with E-state index in [2.05, 4.69) is 0 Å². The van der Waals surface area contributed by atoms with Crippen molar-refractivity contribution in [3.05, 3.63) is 0 Å². The van der Waals surface area contributed by atoms with Gasteiger partial charge in [0.2, 0.25) is 0 Å². The fraction of sp³-hybridized carbons (Fsp3) is 0. The Bertz CT molecular complexity index is 139. The van der Waals surface area contributed by atoms with Crippen LogP contribution in [-0.4, -0.2) is 154 Å². The molecule has 0 atom stereocenters. The van der Waals surface area contributed by atoms with Crippen LogP contribution < -0.4 is 39.6 Å². The first-order valence-corrected chi connectivity index (χ1v) is 3.67. The molecule has 0 bridgehead atoms. The molecule has 0 aliphatic heterocycles. The van der Waals surface area contributed by atoms with Crippen LogP contribution in [0.3, 0.4) is 0 Å². The van der Waals surface area contributed by atoms with Crippen LogP contribution >= 0.6 is 0 Å². The Morgan fingerprint density at radius 3 is 0.706 bits per heavy atom. The molecule has 0 N–H and O–H groups in total. The second-order valence-electron chi connectivity index (χ2n) is 1.00. The van der Waals surface area contributed by atoms with E-state index >= 15 is 0 Å². The van der Waals surface area contributed by atoms with Gasteiger partial charge in [-0.05, 0) is 12.3 Å². The SMILES string of the molecule is O=C([O-])[O-].O=C([O-])[O-].[Ba+2].[Ca+2].[Mg+2].[Mg+2].[O-][Si]([O-])([O-])[O-]. The van der Waals surface area contributed by atoms with Crippen molar-refractivity contribution in [1.82, 2.24) is 0 Å². The topological polar surface area (TPSA) is 219 Å². The summed E-state index contributed by atoms with van der Waals surface area (Å²) in [5, 5.41) is 33.3. The Morgan fingerprint density at radius 1 is 0.706 bits per heavy atom. The van der Waals surface area contributed by atoms with Crippen molar-refractivity contribution in [2.24, 2.45) is 0 Å². The minimum atomic E-state index is -5.61. The van der Waals surface area contributed by atoms with Crippen molar-refractivity contribution >= 4 is 154 Å². The van der Waals surface area contributed by atoms with Crippen LogP contribution in [0.1, 0.15) is 0 Å². The molecule has 80 valence electrons. The molecule has 0 rings (SSSR count). The summed E-state index contributed by atoms with van der Waals surface area (Å²) in [6.07, 6.45) is -4.67. The van der Waals surface area contributed by atoms with Crippen molar-refractivity contribution in [2.45, 2.75) is 0 Å². The molecule has 0 radical (unpaired) electrons. The summed E-state index contributed by atoms with van der Waals surface area (Å²) in [6.45, 7) is 0. The van der Waals surface area contributed by atoms with Crippen molar-refractivity contribution in [2.75, 3.05) is 0 Å². The van der Waals surface area contributed by atoms with Gasteiger partial charge in [0.1, 0.15) is 0 Å². The van der Waals surface area contributed by atoms with Gasteiger partial charge in [-0.2, -0.15) is 0 Å². The molecule has 0 heterocycles. The number of hydrogen-bond acceptors (Lipinski definition) is 10. The second-order valence-corrected chi connectivity index (χ2v) is 2.00.